The maximum atomic E-state index is 13.4. The van der Waals surface area contributed by atoms with Gasteiger partial charge in [0.05, 0.1) is 16.6 Å². The van der Waals surface area contributed by atoms with Gasteiger partial charge in [-0.15, -0.1) is 0 Å². The number of imidazole rings is 1. The first kappa shape index (κ1) is 22.1. The van der Waals surface area contributed by atoms with Crippen LogP contribution >= 0.6 is 0 Å². The van der Waals surface area contributed by atoms with Crippen LogP contribution in [0, 0.1) is 17.8 Å². The number of aromatic carboxylic acids is 1. The van der Waals surface area contributed by atoms with E-state index in [4.69, 9.17) is 0 Å². The lowest BCUT2D eigenvalue weighted by molar-refractivity contribution is 0.0678. The quantitative estimate of drug-likeness (QED) is 0.513. The van der Waals surface area contributed by atoms with Gasteiger partial charge in [0.1, 0.15) is 5.82 Å². The fourth-order valence-corrected chi connectivity index (χ4v) is 5.81. The molecule has 3 aromatic rings. The third-order valence-electron chi connectivity index (χ3n) is 7.39. The highest BCUT2D eigenvalue weighted by Gasteiger charge is 2.46. The molecular weight excluding hydrogens is 426 g/mol. The molecule has 34 heavy (non-hydrogen) atoms. The van der Waals surface area contributed by atoms with Gasteiger partial charge in [-0.25, -0.2) is 9.78 Å². The molecule has 174 valence electrons. The first-order valence-electron chi connectivity index (χ1n) is 11.6. The molecular formula is C28H29N3O3. The van der Waals surface area contributed by atoms with Crippen molar-refractivity contribution in [2.75, 3.05) is 13.1 Å². The molecule has 0 saturated heterocycles. The molecule has 1 aliphatic heterocycles. The number of amides is 1. The number of allylic oxidation sites excluding steroid dienone is 2. The summed E-state index contributed by atoms with van der Waals surface area (Å²) in [6, 6.07) is 12.8. The van der Waals surface area contributed by atoms with E-state index >= 15 is 0 Å². The van der Waals surface area contributed by atoms with Crippen molar-refractivity contribution in [3.63, 3.8) is 0 Å². The van der Waals surface area contributed by atoms with Crippen LogP contribution in [0.4, 0.5) is 0 Å². The van der Waals surface area contributed by atoms with E-state index in [2.05, 4.69) is 42.9 Å². The number of aromatic amines is 1. The van der Waals surface area contributed by atoms with Gasteiger partial charge in [0.2, 0.25) is 0 Å². The summed E-state index contributed by atoms with van der Waals surface area (Å²) in [5, 5.41) is 9.22. The van der Waals surface area contributed by atoms with Crippen molar-refractivity contribution in [1.82, 2.24) is 14.9 Å². The number of rotatable bonds is 3. The molecule has 0 saturated carbocycles. The van der Waals surface area contributed by atoms with Crippen LogP contribution in [0.3, 0.4) is 0 Å². The van der Waals surface area contributed by atoms with Gasteiger partial charge in [-0.1, -0.05) is 50.6 Å². The topological polar surface area (TPSA) is 86.3 Å². The summed E-state index contributed by atoms with van der Waals surface area (Å²) >= 11 is 0. The van der Waals surface area contributed by atoms with Crippen LogP contribution in [0.5, 0.6) is 0 Å². The van der Waals surface area contributed by atoms with Crippen LogP contribution < -0.4 is 0 Å². The number of aromatic nitrogens is 2. The van der Waals surface area contributed by atoms with Crippen LogP contribution in [-0.4, -0.2) is 44.9 Å². The smallest absolute Gasteiger partial charge is 0.335 e. The minimum Gasteiger partial charge on any atom is -0.478 e. The van der Waals surface area contributed by atoms with Crippen molar-refractivity contribution >= 4 is 28.5 Å². The van der Waals surface area contributed by atoms with E-state index in [9.17, 15) is 14.7 Å². The summed E-state index contributed by atoms with van der Waals surface area (Å²) in [6.45, 7) is 9.81. The van der Waals surface area contributed by atoms with Gasteiger partial charge in [-0.3, -0.25) is 4.79 Å². The van der Waals surface area contributed by atoms with E-state index in [0.29, 0.717) is 18.7 Å². The first-order chi connectivity index (χ1) is 16.1. The SMILES string of the molecule is Cc1nc2cc(C(=O)N3CC=C4C(C)(C)C(c5ccc(C(=O)O)cc5)=CC[C@]4(C)C3)ccc2[nH]1. The van der Waals surface area contributed by atoms with Crippen LogP contribution in [0.2, 0.25) is 0 Å². The predicted octanol–water partition coefficient (Wildman–Crippen LogP) is 5.47. The molecule has 1 amide bonds. The zero-order valence-electron chi connectivity index (χ0n) is 20.0. The van der Waals surface area contributed by atoms with E-state index in [1.807, 2.05) is 42.2 Å². The van der Waals surface area contributed by atoms with Crippen molar-refractivity contribution < 1.29 is 14.7 Å². The second kappa shape index (κ2) is 7.69. The number of carboxylic acid groups (broad SMARTS) is 1. The summed E-state index contributed by atoms with van der Waals surface area (Å²) in [7, 11) is 0. The predicted molar refractivity (Wildman–Crippen MR) is 133 cm³/mol. The van der Waals surface area contributed by atoms with Gasteiger partial charge in [-0.05, 0) is 54.8 Å². The van der Waals surface area contributed by atoms with Crippen molar-refractivity contribution in [2.24, 2.45) is 10.8 Å². The molecule has 0 fully saturated rings. The number of aryl methyl sites for hydroxylation is 1. The largest absolute Gasteiger partial charge is 0.478 e. The average molecular weight is 456 g/mol. The number of H-pyrrole nitrogens is 1. The maximum absolute atomic E-state index is 13.4. The fraction of sp³-hybridized carbons (Fsp3) is 0.321. The minimum atomic E-state index is -0.919. The number of nitrogens with one attached hydrogen (secondary N) is 1. The molecule has 0 radical (unpaired) electrons. The number of carbonyl (C=O) groups excluding carboxylic acids is 1. The molecule has 2 aromatic carbocycles. The number of carboxylic acids is 1. The van der Waals surface area contributed by atoms with Gasteiger partial charge in [-0.2, -0.15) is 0 Å². The molecule has 6 nitrogen and oxygen atoms in total. The summed E-state index contributed by atoms with van der Waals surface area (Å²) in [6.07, 6.45) is 5.30. The van der Waals surface area contributed by atoms with Gasteiger partial charge >= 0.3 is 5.97 Å². The number of fused-ring (bicyclic) bond motifs is 2. The molecule has 2 heterocycles. The maximum Gasteiger partial charge on any atom is 0.335 e. The Morgan fingerprint density at radius 1 is 1.03 bits per heavy atom. The third kappa shape index (κ3) is 3.54. The van der Waals surface area contributed by atoms with Gasteiger partial charge < -0.3 is 15.0 Å². The Balaban J connectivity index is 1.42. The molecule has 2 aliphatic rings. The lowest BCUT2D eigenvalue weighted by atomic mass is 9.58. The highest BCUT2D eigenvalue weighted by atomic mass is 16.4. The van der Waals surface area contributed by atoms with Crippen LogP contribution in [0.1, 0.15) is 59.3 Å². The number of hydrogen-bond acceptors (Lipinski definition) is 3. The van der Waals surface area contributed by atoms with Gasteiger partial charge in [0.15, 0.2) is 0 Å². The van der Waals surface area contributed by atoms with Crippen molar-refractivity contribution in [2.45, 2.75) is 34.1 Å². The Labute approximate surface area is 199 Å². The summed E-state index contributed by atoms with van der Waals surface area (Å²) in [5.41, 5.74) is 5.88. The van der Waals surface area contributed by atoms with Crippen molar-refractivity contribution in [3.8, 4) is 0 Å². The second-order valence-corrected chi connectivity index (χ2v) is 10.2. The normalized spacial score (nSPS) is 21.6. The molecule has 5 rings (SSSR count). The number of hydrogen-bond donors (Lipinski definition) is 2. The van der Waals surface area contributed by atoms with Crippen LogP contribution in [0.15, 0.2) is 60.2 Å². The fourth-order valence-electron chi connectivity index (χ4n) is 5.81. The number of carbonyl (C=O) groups is 2. The highest BCUT2D eigenvalue weighted by molar-refractivity contribution is 5.97. The van der Waals surface area contributed by atoms with E-state index in [1.165, 1.54) is 11.1 Å². The second-order valence-electron chi connectivity index (χ2n) is 10.2. The van der Waals surface area contributed by atoms with Gasteiger partial charge in [0.25, 0.3) is 5.91 Å². The molecule has 0 unspecified atom stereocenters. The Hall–Kier alpha value is -3.67. The van der Waals surface area contributed by atoms with E-state index in [-0.39, 0.29) is 22.3 Å². The Morgan fingerprint density at radius 3 is 2.44 bits per heavy atom. The molecule has 2 N–H and O–H groups in total. The van der Waals surface area contributed by atoms with Crippen molar-refractivity contribution in [3.05, 3.63) is 82.7 Å². The van der Waals surface area contributed by atoms with E-state index in [1.54, 1.807) is 12.1 Å². The summed E-state index contributed by atoms with van der Waals surface area (Å²) in [5.74, 6) is -0.0597. The minimum absolute atomic E-state index is 0.0240. The molecule has 6 heteroatoms. The zero-order valence-corrected chi connectivity index (χ0v) is 20.0. The summed E-state index contributed by atoms with van der Waals surface area (Å²) in [4.78, 5) is 34.2. The Morgan fingerprint density at radius 2 is 1.74 bits per heavy atom. The molecule has 1 aromatic heterocycles. The standard InChI is InChI=1S/C28H29N3O3/c1-17-29-22-10-9-20(15-23(22)30-17)25(32)31-14-12-24-27(2,3)21(11-13-28(24,4)16-31)18-5-7-19(8-6-18)26(33)34/h5-12,15H,13-14,16H2,1-4H3,(H,29,30)(H,33,34)/t28-/m1/s1. The molecule has 1 aliphatic carbocycles. The summed E-state index contributed by atoms with van der Waals surface area (Å²) < 4.78 is 0. The zero-order chi connectivity index (χ0) is 24.3. The highest BCUT2D eigenvalue weighted by Crippen LogP contribution is 2.55. The average Bonchev–Trinajstić information content (AvgIpc) is 3.17. The first-order valence-corrected chi connectivity index (χ1v) is 11.6. The van der Waals surface area contributed by atoms with Crippen LogP contribution in [0.25, 0.3) is 16.6 Å². The van der Waals surface area contributed by atoms with Crippen LogP contribution in [-0.2, 0) is 0 Å². The molecule has 0 bridgehead atoms. The van der Waals surface area contributed by atoms with E-state index in [0.717, 1.165) is 28.8 Å². The monoisotopic (exact) mass is 455 g/mol. The van der Waals surface area contributed by atoms with Gasteiger partial charge in [0, 0.05) is 29.5 Å². The Kier molecular flexibility index (Phi) is 5.01. The molecule has 1 atom stereocenters. The Bertz CT molecular complexity index is 1380. The number of benzene rings is 2. The van der Waals surface area contributed by atoms with E-state index < -0.39 is 5.97 Å². The van der Waals surface area contributed by atoms with Crippen molar-refractivity contribution in [1.29, 1.82) is 0 Å². The lowest BCUT2D eigenvalue weighted by Gasteiger charge is -2.50. The third-order valence-corrected chi connectivity index (χ3v) is 7.39. The lowest BCUT2D eigenvalue weighted by Crippen LogP contribution is -2.48. The number of nitrogens with zero attached hydrogens (tertiary/aromatic N) is 2. The molecule has 0 spiro atoms.